The van der Waals surface area contributed by atoms with Crippen LogP contribution < -0.4 is 0 Å². The SMILES string of the molecule is O=C(O)C1(C(O)c2cccnc2)CC1. The molecule has 1 heterocycles. The number of hydrogen-bond acceptors (Lipinski definition) is 3. The average Bonchev–Trinajstić information content (AvgIpc) is 2.99. The molecule has 0 radical (unpaired) electrons. The lowest BCUT2D eigenvalue weighted by molar-refractivity contribution is -0.148. The molecule has 74 valence electrons. The van der Waals surface area contributed by atoms with E-state index in [4.69, 9.17) is 5.11 Å². The van der Waals surface area contributed by atoms with E-state index >= 15 is 0 Å². The van der Waals surface area contributed by atoms with E-state index in [9.17, 15) is 9.90 Å². The third-order valence-electron chi connectivity index (χ3n) is 2.74. The Morgan fingerprint density at radius 2 is 2.29 bits per heavy atom. The van der Waals surface area contributed by atoms with Crippen molar-refractivity contribution in [2.75, 3.05) is 0 Å². The van der Waals surface area contributed by atoms with Gasteiger partial charge in [-0.2, -0.15) is 0 Å². The number of pyridine rings is 1. The summed E-state index contributed by atoms with van der Waals surface area (Å²) in [6.45, 7) is 0. The Hall–Kier alpha value is -1.42. The minimum atomic E-state index is -0.955. The first-order valence-corrected chi connectivity index (χ1v) is 4.48. The van der Waals surface area contributed by atoms with Crippen LogP contribution in [0.1, 0.15) is 24.5 Å². The second kappa shape index (κ2) is 3.06. The molecule has 2 rings (SSSR count). The van der Waals surface area contributed by atoms with Crippen molar-refractivity contribution < 1.29 is 15.0 Å². The van der Waals surface area contributed by atoms with Gasteiger partial charge < -0.3 is 10.2 Å². The lowest BCUT2D eigenvalue weighted by Crippen LogP contribution is -2.23. The molecule has 0 aromatic carbocycles. The van der Waals surface area contributed by atoms with Crippen molar-refractivity contribution in [2.24, 2.45) is 5.41 Å². The van der Waals surface area contributed by atoms with Crippen molar-refractivity contribution in [3.63, 3.8) is 0 Å². The fraction of sp³-hybridized carbons (Fsp3) is 0.400. The molecule has 0 amide bonds. The van der Waals surface area contributed by atoms with E-state index in [0.29, 0.717) is 18.4 Å². The van der Waals surface area contributed by atoms with Gasteiger partial charge in [0.25, 0.3) is 0 Å². The normalized spacial score (nSPS) is 20.1. The van der Waals surface area contributed by atoms with Gasteiger partial charge >= 0.3 is 5.97 Å². The fourth-order valence-electron chi connectivity index (χ4n) is 1.60. The number of carboxylic acids is 1. The standard InChI is InChI=1S/C10H11NO3/c12-8(7-2-1-5-11-6-7)10(3-4-10)9(13)14/h1-2,5-6,8,12H,3-4H2,(H,13,14). The Kier molecular flexibility index (Phi) is 2.00. The summed E-state index contributed by atoms with van der Waals surface area (Å²) in [5.74, 6) is -0.922. The summed E-state index contributed by atoms with van der Waals surface area (Å²) in [6, 6.07) is 3.39. The zero-order chi connectivity index (χ0) is 10.2. The molecule has 1 saturated carbocycles. The Morgan fingerprint density at radius 3 is 2.71 bits per heavy atom. The number of carboxylic acid groups (broad SMARTS) is 1. The monoisotopic (exact) mass is 193 g/mol. The number of aromatic nitrogens is 1. The Labute approximate surface area is 81.2 Å². The molecule has 0 aliphatic heterocycles. The summed E-state index contributed by atoms with van der Waals surface area (Å²) in [5, 5.41) is 18.8. The number of aliphatic hydroxyl groups excluding tert-OH is 1. The molecule has 0 saturated heterocycles. The first-order valence-electron chi connectivity index (χ1n) is 4.48. The quantitative estimate of drug-likeness (QED) is 0.750. The van der Waals surface area contributed by atoms with Gasteiger partial charge in [0.2, 0.25) is 0 Å². The predicted octanol–water partition coefficient (Wildman–Crippen LogP) is 0.980. The number of rotatable bonds is 3. The van der Waals surface area contributed by atoms with Crippen molar-refractivity contribution in [2.45, 2.75) is 18.9 Å². The highest BCUT2D eigenvalue weighted by molar-refractivity contribution is 5.78. The van der Waals surface area contributed by atoms with Gasteiger partial charge in [-0.3, -0.25) is 9.78 Å². The molecule has 1 aromatic heterocycles. The van der Waals surface area contributed by atoms with Crippen molar-refractivity contribution in [1.29, 1.82) is 0 Å². The first-order chi connectivity index (χ1) is 6.67. The molecule has 1 atom stereocenters. The van der Waals surface area contributed by atoms with E-state index in [-0.39, 0.29) is 0 Å². The topological polar surface area (TPSA) is 70.4 Å². The molecule has 4 nitrogen and oxygen atoms in total. The van der Waals surface area contributed by atoms with Crippen LogP contribution in [-0.4, -0.2) is 21.2 Å². The molecule has 1 unspecified atom stereocenters. The maximum absolute atomic E-state index is 10.9. The van der Waals surface area contributed by atoms with Crippen LogP contribution in [0.25, 0.3) is 0 Å². The van der Waals surface area contributed by atoms with Crippen LogP contribution in [0.3, 0.4) is 0 Å². The highest BCUT2D eigenvalue weighted by Gasteiger charge is 2.56. The van der Waals surface area contributed by atoms with Crippen LogP contribution in [0.5, 0.6) is 0 Å². The fourth-order valence-corrected chi connectivity index (χ4v) is 1.60. The summed E-state index contributed by atoms with van der Waals surface area (Å²) in [6.07, 6.45) is 3.25. The zero-order valence-electron chi connectivity index (χ0n) is 7.55. The Bertz CT molecular complexity index is 346. The van der Waals surface area contributed by atoms with Gasteiger partial charge in [0.15, 0.2) is 0 Å². The maximum Gasteiger partial charge on any atom is 0.312 e. The summed E-state index contributed by atoms with van der Waals surface area (Å²) >= 11 is 0. The molecule has 0 bridgehead atoms. The van der Waals surface area contributed by atoms with Crippen LogP contribution in [0, 0.1) is 5.41 Å². The number of carbonyl (C=O) groups is 1. The average molecular weight is 193 g/mol. The summed E-state index contributed by atoms with van der Waals surface area (Å²) in [7, 11) is 0. The zero-order valence-corrected chi connectivity index (χ0v) is 7.55. The molecule has 2 N–H and O–H groups in total. The third kappa shape index (κ3) is 1.28. The van der Waals surface area contributed by atoms with Crippen LogP contribution in [0.4, 0.5) is 0 Å². The lowest BCUT2D eigenvalue weighted by atomic mass is 9.94. The summed E-state index contributed by atoms with van der Waals surface area (Å²) < 4.78 is 0. The van der Waals surface area contributed by atoms with Crippen molar-refractivity contribution in [1.82, 2.24) is 4.98 Å². The largest absolute Gasteiger partial charge is 0.481 e. The molecule has 4 heteroatoms. The summed E-state index contributed by atoms with van der Waals surface area (Å²) in [4.78, 5) is 14.8. The summed E-state index contributed by atoms with van der Waals surface area (Å²) in [5.41, 5.74) is -0.379. The van der Waals surface area contributed by atoms with Gasteiger partial charge in [-0.15, -0.1) is 0 Å². The smallest absolute Gasteiger partial charge is 0.312 e. The first kappa shape index (κ1) is 9.15. The minimum Gasteiger partial charge on any atom is -0.481 e. The van der Waals surface area contributed by atoms with Gasteiger partial charge in [-0.05, 0) is 24.5 Å². The molecular formula is C10H11NO3. The van der Waals surface area contributed by atoms with Gasteiger partial charge in [0, 0.05) is 12.4 Å². The molecule has 0 spiro atoms. The number of hydrogen-bond donors (Lipinski definition) is 2. The molecule has 1 aliphatic carbocycles. The molecule has 1 aromatic rings. The van der Waals surface area contributed by atoms with E-state index in [0.717, 1.165) is 0 Å². The van der Waals surface area contributed by atoms with E-state index in [2.05, 4.69) is 4.98 Å². The number of nitrogens with zero attached hydrogens (tertiary/aromatic N) is 1. The van der Waals surface area contributed by atoms with Crippen LogP contribution in [0.15, 0.2) is 24.5 Å². The molecular weight excluding hydrogens is 182 g/mol. The maximum atomic E-state index is 10.9. The third-order valence-corrected chi connectivity index (χ3v) is 2.74. The van der Waals surface area contributed by atoms with E-state index in [1.54, 1.807) is 18.3 Å². The Balaban J connectivity index is 2.25. The van der Waals surface area contributed by atoms with Crippen LogP contribution in [0.2, 0.25) is 0 Å². The second-order valence-electron chi connectivity index (χ2n) is 3.65. The molecule has 1 aliphatic rings. The van der Waals surface area contributed by atoms with E-state index in [1.165, 1.54) is 6.20 Å². The van der Waals surface area contributed by atoms with Gasteiger partial charge in [-0.25, -0.2) is 0 Å². The highest BCUT2D eigenvalue weighted by atomic mass is 16.4. The number of aliphatic hydroxyl groups is 1. The predicted molar refractivity (Wildman–Crippen MR) is 48.5 cm³/mol. The molecule has 1 fully saturated rings. The van der Waals surface area contributed by atoms with E-state index < -0.39 is 17.5 Å². The van der Waals surface area contributed by atoms with Crippen LogP contribution in [-0.2, 0) is 4.79 Å². The van der Waals surface area contributed by atoms with Gasteiger partial charge in [0.05, 0.1) is 11.5 Å². The van der Waals surface area contributed by atoms with Crippen molar-refractivity contribution in [3.8, 4) is 0 Å². The number of aliphatic carboxylic acids is 1. The van der Waals surface area contributed by atoms with Crippen LogP contribution >= 0.6 is 0 Å². The van der Waals surface area contributed by atoms with E-state index in [1.807, 2.05) is 0 Å². The van der Waals surface area contributed by atoms with Crippen molar-refractivity contribution in [3.05, 3.63) is 30.1 Å². The van der Waals surface area contributed by atoms with Crippen molar-refractivity contribution >= 4 is 5.97 Å². The Morgan fingerprint density at radius 1 is 1.57 bits per heavy atom. The minimum absolute atomic E-state index is 0.540. The van der Waals surface area contributed by atoms with Gasteiger partial charge in [-0.1, -0.05) is 6.07 Å². The van der Waals surface area contributed by atoms with Gasteiger partial charge in [0.1, 0.15) is 0 Å². The lowest BCUT2D eigenvalue weighted by Gasteiger charge is -2.17. The highest BCUT2D eigenvalue weighted by Crippen LogP contribution is 2.54. The second-order valence-corrected chi connectivity index (χ2v) is 3.65. The molecule has 14 heavy (non-hydrogen) atoms.